The predicted molar refractivity (Wildman–Crippen MR) is 40.3 cm³/mol. The third kappa shape index (κ3) is 5.53. The molecule has 1 aliphatic carbocycles. The second-order valence-corrected chi connectivity index (χ2v) is 4.20. The van der Waals surface area contributed by atoms with Crippen LogP contribution in [-0.2, 0) is 24.7 Å². The first-order valence-corrected chi connectivity index (χ1v) is 5.17. The van der Waals surface area contributed by atoms with Gasteiger partial charge in [0.2, 0.25) is 0 Å². The summed E-state index contributed by atoms with van der Waals surface area (Å²) in [5.41, 5.74) is 1.63. The van der Waals surface area contributed by atoms with Crippen molar-refractivity contribution in [1.29, 1.82) is 0 Å². The largest absolute Gasteiger partial charge is 1.00 e. The van der Waals surface area contributed by atoms with Gasteiger partial charge in [-0.25, -0.2) is 0 Å². The molecule has 0 unspecified atom stereocenters. The molecule has 12 heavy (non-hydrogen) atoms. The van der Waals surface area contributed by atoms with E-state index in [4.69, 9.17) is 0 Å². The van der Waals surface area contributed by atoms with Gasteiger partial charge in [-0.15, -0.1) is 0 Å². The Kier molecular flexibility index (Phi) is 12.7. The number of halogens is 2. The first kappa shape index (κ1) is 16.3. The molecule has 0 amide bonds. The molecule has 67 valence electrons. The van der Waals surface area contributed by atoms with E-state index in [0.717, 1.165) is 0 Å². The van der Waals surface area contributed by atoms with Crippen LogP contribution in [-0.4, -0.2) is 0 Å². The smallest absolute Gasteiger partial charge is 1.00 e. The summed E-state index contributed by atoms with van der Waals surface area (Å²) in [6, 6.07) is 0. The number of allylic oxidation sites excluding steroid dienone is 4. The molecule has 0 saturated carbocycles. The molecule has 3 heteroatoms. The SMILES string of the molecule is CCCCC1=[C]([Zr+2])CC=C1.[I-].[I-]. The molecule has 0 aliphatic heterocycles. The molecule has 0 heterocycles. The molecule has 0 aromatic carbocycles. The summed E-state index contributed by atoms with van der Waals surface area (Å²) >= 11 is 1.61. The van der Waals surface area contributed by atoms with E-state index in [2.05, 4.69) is 19.1 Å². The molecule has 1 rings (SSSR count). The molecule has 0 aromatic heterocycles. The molecule has 0 nitrogen and oxygen atoms in total. The van der Waals surface area contributed by atoms with Crippen LogP contribution >= 0.6 is 0 Å². The molecular formula is C9H13I2Zr. The Labute approximate surface area is 125 Å². The van der Waals surface area contributed by atoms with Crippen LogP contribution in [0.2, 0.25) is 0 Å². The van der Waals surface area contributed by atoms with E-state index in [0.29, 0.717) is 0 Å². The van der Waals surface area contributed by atoms with Crippen LogP contribution in [0.3, 0.4) is 0 Å². The van der Waals surface area contributed by atoms with Crippen LogP contribution in [0.5, 0.6) is 0 Å². The van der Waals surface area contributed by atoms with Crippen molar-refractivity contribution in [2.45, 2.75) is 32.6 Å². The summed E-state index contributed by atoms with van der Waals surface area (Å²) in [4.78, 5) is 0. The first-order valence-electron chi connectivity index (χ1n) is 3.94. The quantitative estimate of drug-likeness (QED) is 0.388. The van der Waals surface area contributed by atoms with E-state index in [-0.39, 0.29) is 48.0 Å². The van der Waals surface area contributed by atoms with E-state index in [1.165, 1.54) is 25.7 Å². The molecule has 0 bridgehead atoms. The van der Waals surface area contributed by atoms with E-state index in [1.54, 1.807) is 33.6 Å². The van der Waals surface area contributed by atoms with Crippen LogP contribution in [0.4, 0.5) is 0 Å². The van der Waals surface area contributed by atoms with Gasteiger partial charge in [-0.05, 0) is 0 Å². The van der Waals surface area contributed by atoms with Crippen molar-refractivity contribution in [3.63, 3.8) is 0 Å². The van der Waals surface area contributed by atoms with Crippen LogP contribution in [0.15, 0.2) is 21.0 Å². The normalized spacial score (nSPS) is 14.2. The van der Waals surface area contributed by atoms with Gasteiger partial charge in [-0.3, -0.25) is 0 Å². The predicted octanol–water partition coefficient (Wildman–Crippen LogP) is -3.05. The van der Waals surface area contributed by atoms with Crippen molar-refractivity contribution < 1.29 is 72.7 Å². The van der Waals surface area contributed by atoms with Crippen molar-refractivity contribution >= 4 is 0 Å². The fraction of sp³-hybridized carbons (Fsp3) is 0.556. The second kappa shape index (κ2) is 9.38. The standard InChI is InChI=1S/C9H13.2HI.Zr/c1-2-3-6-9-7-4-5-8-9;;;/h4,7H,2-3,5-6H2,1H3;2*1H;/q;;;+2/p-2. The van der Waals surface area contributed by atoms with Gasteiger partial charge in [0.1, 0.15) is 0 Å². The summed E-state index contributed by atoms with van der Waals surface area (Å²) < 4.78 is 1.67. The third-order valence-electron chi connectivity index (χ3n) is 1.83. The minimum atomic E-state index is 0. The summed E-state index contributed by atoms with van der Waals surface area (Å²) in [7, 11) is 0. The van der Waals surface area contributed by atoms with Crippen LogP contribution in [0.25, 0.3) is 0 Å². The Bertz CT molecular complexity index is 173. The summed E-state index contributed by atoms with van der Waals surface area (Å²) in [6.45, 7) is 2.25. The third-order valence-corrected chi connectivity index (χ3v) is 3.12. The average molecular weight is 466 g/mol. The second-order valence-electron chi connectivity index (χ2n) is 2.71. The first-order chi connectivity index (χ1) is 4.84. The topological polar surface area (TPSA) is 0 Å². The van der Waals surface area contributed by atoms with Crippen molar-refractivity contribution in [1.82, 2.24) is 0 Å². The van der Waals surface area contributed by atoms with Gasteiger partial charge >= 0.3 is 78.3 Å². The van der Waals surface area contributed by atoms with Crippen LogP contribution in [0.1, 0.15) is 32.6 Å². The van der Waals surface area contributed by atoms with Gasteiger partial charge in [0.15, 0.2) is 0 Å². The average Bonchev–Trinajstić information content (AvgIpc) is 2.31. The van der Waals surface area contributed by atoms with E-state index in [9.17, 15) is 0 Å². The number of rotatable bonds is 3. The molecule has 1 aliphatic rings. The van der Waals surface area contributed by atoms with Crippen molar-refractivity contribution in [3.05, 3.63) is 21.0 Å². The van der Waals surface area contributed by atoms with E-state index in [1.807, 2.05) is 0 Å². The molecule has 0 spiro atoms. The van der Waals surface area contributed by atoms with Gasteiger partial charge in [-0.1, -0.05) is 0 Å². The zero-order valence-electron chi connectivity index (χ0n) is 7.24. The maximum atomic E-state index is 2.31. The molecule has 0 aromatic rings. The Morgan fingerprint density at radius 3 is 2.50 bits per heavy atom. The summed E-state index contributed by atoms with van der Waals surface area (Å²) in [5.74, 6) is 0. The zero-order valence-corrected chi connectivity index (χ0v) is 14.0. The number of hydrogen-bond acceptors (Lipinski definition) is 0. The fourth-order valence-corrected chi connectivity index (χ4v) is 1.95. The molecule has 0 atom stereocenters. The van der Waals surface area contributed by atoms with Gasteiger partial charge < -0.3 is 48.0 Å². The number of unbranched alkanes of at least 4 members (excludes halogenated alkanes) is 1. The maximum absolute atomic E-state index is 2.31. The number of hydrogen-bond donors (Lipinski definition) is 0. The van der Waals surface area contributed by atoms with E-state index >= 15 is 0 Å². The minimum absolute atomic E-state index is 0. The van der Waals surface area contributed by atoms with Gasteiger partial charge in [0.25, 0.3) is 0 Å². The monoisotopic (exact) mass is 465 g/mol. The van der Waals surface area contributed by atoms with Gasteiger partial charge in [0.05, 0.1) is 0 Å². The summed E-state index contributed by atoms with van der Waals surface area (Å²) in [5, 5.41) is 0. The van der Waals surface area contributed by atoms with Crippen molar-refractivity contribution in [2.24, 2.45) is 0 Å². The Morgan fingerprint density at radius 2 is 2.08 bits per heavy atom. The Morgan fingerprint density at radius 1 is 1.42 bits per heavy atom. The molecule has 0 saturated heterocycles. The zero-order chi connectivity index (χ0) is 7.40. The van der Waals surface area contributed by atoms with Crippen molar-refractivity contribution in [3.8, 4) is 0 Å². The van der Waals surface area contributed by atoms with Gasteiger partial charge in [0, 0.05) is 0 Å². The molecule has 0 radical (unpaired) electrons. The maximum Gasteiger partial charge on any atom is -1.00 e. The van der Waals surface area contributed by atoms with Crippen LogP contribution < -0.4 is 48.0 Å². The van der Waals surface area contributed by atoms with Crippen molar-refractivity contribution in [2.75, 3.05) is 0 Å². The van der Waals surface area contributed by atoms with Crippen LogP contribution in [0, 0.1) is 0 Å². The molecular weight excluding hydrogens is 453 g/mol. The fourth-order valence-electron chi connectivity index (χ4n) is 1.15. The molecule has 0 N–H and O–H groups in total. The Hall–Kier alpha value is 1.82. The minimum Gasteiger partial charge on any atom is -1.00 e. The van der Waals surface area contributed by atoms with E-state index < -0.39 is 0 Å². The summed E-state index contributed by atoms with van der Waals surface area (Å²) in [6.07, 6.45) is 9.82. The molecule has 0 fully saturated rings. The Balaban J connectivity index is 0. The van der Waals surface area contributed by atoms with Gasteiger partial charge in [-0.2, -0.15) is 0 Å².